The predicted molar refractivity (Wildman–Crippen MR) is 64.7 cm³/mol. The van der Waals surface area contributed by atoms with Crippen molar-refractivity contribution in [2.75, 3.05) is 20.2 Å². The SMILES string of the molecule is CCOC(=O)CN(C)S(=O)(=O)c1c(Cl)cnn1C. The highest BCUT2D eigenvalue weighted by atomic mass is 35.5. The van der Waals surface area contributed by atoms with Gasteiger partial charge in [-0.1, -0.05) is 11.6 Å². The lowest BCUT2D eigenvalue weighted by Gasteiger charge is -2.16. The molecule has 102 valence electrons. The molecule has 0 bridgehead atoms. The first-order valence-corrected chi connectivity index (χ1v) is 6.92. The van der Waals surface area contributed by atoms with Crippen molar-refractivity contribution in [2.24, 2.45) is 7.05 Å². The van der Waals surface area contributed by atoms with Crippen molar-refractivity contribution in [1.29, 1.82) is 0 Å². The molecule has 1 aromatic heterocycles. The standard InChI is InChI=1S/C9H14ClN3O4S/c1-4-17-8(14)6-12(2)18(15,16)9-7(10)5-11-13(9)3/h5H,4,6H2,1-3H3. The third-order valence-corrected chi connectivity index (χ3v) is 4.47. The van der Waals surface area contributed by atoms with Crippen LogP contribution in [-0.2, 0) is 26.6 Å². The third kappa shape index (κ3) is 3.01. The first kappa shape index (κ1) is 14.9. The molecule has 18 heavy (non-hydrogen) atoms. The summed E-state index contributed by atoms with van der Waals surface area (Å²) in [6, 6.07) is 0. The molecular formula is C9H14ClN3O4S. The number of aromatic nitrogens is 2. The van der Waals surface area contributed by atoms with Gasteiger partial charge in [0.2, 0.25) is 0 Å². The first-order valence-electron chi connectivity index (χ1n) is 5.10. The molecule has 0 N–H and O–H groups in total. The Balaban J connectivity index is 2.97. The van der Waals surface area contributed by atoms with Gasteiger partial charge in [0.05, 0.1) is 17.8 Å². The summed E-state index contributed by atoms with van der Waals surface area (Å²) in [7, 11) is -1.14. The topological polar surface area (TPSA) is 81.5 Å². The van der Waals surface area contributed by atoms with Crippen molar-refractivity contribution in [3.05, 3.63) is 11.2 Å². The lowest BCUT2D eigenvalue weighted by molar-refractivity contribution is -0.143. The Morgan fingerprint density at radius 2 is 2.22 bits per heavy atom. The Bertz CT molecular complexity index is 521. The van der Waals surface area contributed by atoms with Crippen molar-refractivity contribution < 1.29 is 17.9 Å². The van der Waals surface area contributed by atoms with E-state index in [0.717, 1.165) is 8.99 Å². The van der Waals surface area contributed by atoms with Gasteiger partial charge >= 0.3 is 5.97 Å². The quantitative estimate of drug-likeness (QED) is 0.728. The highest BCUT2D eigenvalue weighted by Crippen LogP contribution is 2.22. The van der Waals surface area contributed by atoms with E-state index >= 15 is 0 Å². The number of nitrogens with zero attached hydrogens (tertiary/aromatic N) is 3. The largest absolute Gasteiger partial charge is 0.465 e. The van der Waals surface area contributed by atoms with Crippen LogP contribution >= 0.6 is 11.6 Å². The number of ether oxygens (including phenoxy) is 1. The second-order valence-corrected chi connectivity index (χ2v) is 5.85. The predicted octanol–water partition coefficient (Wildman–Crippen LogP) is 0.257. The van der Waals surface area contributed by atoms with Crippen molar-refractivity contribution in [3.8, 4) is 0 Å². The molecule has 0 atom stereocenters. The molecule has 0 unspecified atom stereocenters. The minimum absolute atomic E-state index is 0.00760. The van der Waals surface area contributed by atoms with Crippen molar-refractivity contribution >= 4 is 27.6 Å². The molecule has 0 aromatic carbocycles. The summed E-state index contributed by atoms with van der Waals surface area (Å²) >= 11 is 5.77. The molecule has 0 saturated carbocycles. The molecule has 0 fully saturated rings. The smallest absolute Gasteiger partial charge is 0.321 e. The van der Waals surface area contributed by atoms with Crippen LogP contribution in [0.25, 0.3) is 0 Å². The van der Waals surface area contributed by atoms with Crippen molar-refractivity contribution in [3.63, 3.8) is 0 Å². The third-order valence-electron chi connectivity index (χ3n) is 2.15. The number of carbonyl (C=O) groups excluding carboxylic acids is 1. The second kappa shape index (κ2) is 5.68. The van der Waals surface area contributed by atoms with Gasteiger partial charge in [-0.3, -0.25) is 9.48 Å². The fourth-order valence-corrected chi connectivity index (χ4v) is 3.02. The summed E-state index contributed by atoms with van der Waals surface area (Å²) in [6.45, 7) is 1.46. The van der Waals surface area contributed by atoms with Crippen LogP contribution in [0.5, 0.6) is 0 Å². The van der Waals surface area contributed by atoms with Gasteiger partial charge in [-0.25, -0.2) is 8.42 Å². The van der Waals surface area contributed by atoms with E-state index in [9.17, 15) is 13.2 Å². The number of likely N-dealkylation sites (N-methyl/N-ethyl adjacent to an activating group) is 1. The van der Waals surface area contributed by atoms with Crippen LogP contribution in [0.1, 0.15) is 6.92 Å². The van der Waals surface area contributed by atoms with Gasteiger partial charge in [0.25, 0.3) is 10.0 Å². The highest BCUT2D eigenvalue weighted by Gasteiger charge is 2.29. The maximum atomic E-state index is 12.1. The summed E-state index contributed by atoms with van der Waals surface area (Å²) in [4.78, 5) is 11.3. The van der Waals surface area contributed by atoms with E-state index in [2.05, 4.69) is 9.84 Å². The van der Waals surface area contributed by atoms with Gasteiger partial charge in [0.1, 0.15) is 6.54 Å². The maximum Gasteiger partial charge on any atom is 0.321 e. The van der Waals surface area contributed by atoms with Crippen LogP contribution in [0, 0.1) is 0 Å². The molecule has 0 aliphatic heterocycles. The fourth-order valence-electron chi connectivity index (χ4n) is 1.31. The van der Waals surface area contributed by atoms with Crippen molar-refractivity contribution in [1.82, 2.24) is 14.1 Å². The maximum absolute atomic E-state index is 12.1. The van der Waals surface area contributed by atoms with Gasteiger partial charge in [-0.05, 0) is 6.92 Å². The van der Waals surface area contributed by atoms with Gasteiger partial charge in [0, 0.05) is 14.1 Å². The Hall–Kier alpha value is -1.12. The average molecular weight is 296 g/mol. The molecule has 1 rings (SSSR count). The van der Waals surface area contributed by atoms with E-state index < -0.39 is 16.0 Å². The van der Waals surface area contributed by atoms with Crippen LogP contribution < -0.4 is 0 Å². The van der Waals surface area contributed by atoms with Crippen LogP contribution in [0.3, 0.4) is 0 Å². The summed E-state index contributed by atoms with van der Waals surface area (Å²) in [6.07, 6.45) is 1.23. The fraction of sp³-hybridized carbons (Fsp3) is 0.556. The Kier molecular flexibility index (Phi) is 4.71. The Morgan fingerprint density at radius 1 is 1.61 bits per heavy atom. The van der Waals surface area contributed by atoms with E-state index in [0.29, 0.717) is 0 Å². The van der Waals surface area contributed by atoms with E-state index in [-0.39, 0.29) is 23.2 Å². The molecule has 1 aromatic rings. The molecule has 0 spiro atoms. The van der Waals surface area contributed by atoms with E-state index in [1.54, 1.807) is 6.92 Å². The monoisotopic (exact) mass is 295 g/mol. The number of hydrogen-bond donors (Lipinski definition) is 0. The van der Waals surface area contributed by atoms with Crippen LogP contribution in [0.4, 0.5) is 0 Å². The minimum atomic E-state index is -3.87. The van der Waals surface area contributed by atoms with Gasteiger partial charge in [-0.2, -0.15) is 9.40 Å². The average Bonchev–Trinajstić information content (AvgIpc) is 2.59. The van der Waals surface area contributed by atoms with Crippen LogP contribution in [0.2, 0.25) is 5.02 Å². The molecule has 0 saturated heterocycles. The number of hydrogen-bond acceptors (Lipinski definition) is 5. The summed E-state index contributed by atoms with van der Waals surface area (Å²) in [5.74, 6) is -0.623. The Morgan fingerprint density at radius 3 is 2.67 bits per heavy atom. The van der Waals surface area contributed by atoms with E-state index in [1.165, 1.54) is 20.3 Å². The lowest BCUT2D eigenvalue weighted by Crippen LogP contribution is -2.34. The molecule has 0 radical (unpaired) electrons. The van der Waals surface area contributed by atoms with Crippen LogP contribution in [-0.4, -0.2) is 48.7 Å². The molecule has 0 aliphatic rings. The summed E-state index contributed by atoms with van der Waals surface area (Å²) in [5, 5.41) is 3.59. The molecule has 0 amide bonds. The van der Waals surface area contributed by atoms with Gasteiger partial charge in [-0.15, -0.1) is 0 Å². The number of sulfonamides is 1. The normalized spacial score (nSPS) is 11.8. The molecule has 7 nitrogen and oxygen atoms in total. The summed E-state index contributed by atoms with van der Waals surface area (Å²) < 4.78 is 31.0. The van der Waals surface area contributed by atoms with E-state index in [4.69, 9.17) is 11.6 Å². The number of aryl methyl sites for hydroxylation is 1. The second-order valence-electron chi connectivity index (χ2n) is 3.49. The zero-order valence-electron chi connectivity index (χ0n) is 10.3. The number of carbonyl (C=O) groups is 1. The minimum Gasteiger partial charge on any atom is -0.465 e. The number of esters is 1. The first-order chi connectivity index (χ1) is 8.30. The molecule has 0 aliphatic carbocycles. The lowest BCUT2D eigenvalue weighted by atomic mass is 10.6. The highest BCUT2D eigenvalue weighted by molar-refractivity contribution is 7.89. The molecule has 9 heteroatoms. The zero-order chi connectivity index (χ0) is 13.9. The van der Waals surface area contributed by atoms with Crippen LogP contribution in [0.15, 0.2) is 11.2 Å². The molecular weight excluding hydrogens is 282 g/mol. The zero-order valence-corrected chi connectivity index (χ0v) is 11.8. The van der Waals surface area contributed by atoms with Gasteiger partial charge < -0.3 is 4.74 Å². The number of rotatable bonds is 5. The summed E-state index contributed by atoms with van der Waals surface area (Å²) in [5.41, 5.74) is 0. The Labute approximate surface area is 110 Å². The molecule has 1 heterocycles. The van der Waals surface area contributed by atoms with Crippen molar-refractivity contribution in [2.45, 2.75) is 11.9 Å². The van der Waals surface area contributed by atoms with Gasteiger partial charge in [0.15, 0.2) is 5.03 Å². The van der Waals surface area contributed by atoms with E-state index in [1.807, 2.05) is 0 Å². The number of halogens is 1.